The van der Waals surface area contributed by atoms with Crippen LogP contribution in [0.2, 0.25) is 5.02 Å². The highest BCUT2D eigenvalue weighted by molar-refractivity contribution is 6.31. The van der Waals surface area contributed by atoms with Crippen molar-refractivity contribution in [2.24, 2.45) is 5.90 Å². The van der Waals surface area contributed by atoms with Gasteiger partial charge in [0.15, 0.2) is 5.78 Å². The van der Waals surface area contributed by atoms with Gasteiger partial charge in [-0.2, -0.15) is 0 Å². The predicted molar refractivity (Wildman–Crippen MR) is 80.1 cm³/mol. The molecular weight excluding hydrogens is 292 g/mol. The normalized spacial score (nSPS) is 10.2. The van der Waals surface area contributed by atoms with Gasteiger partial charge in [-0.05, 0) is 18.2 Å². The van der Waals surface area contributed by atoms with Crippen LogP contribution in [0.3, 0.4) is 0 Å². The first-order valence-electron chi connectivity index (χ1n) is 6.12. The molecule has 1 amide bonds. The smallest absolute Gasteiger partial charge is 0.252 e. The van der Waals surface area contributed by atoms with Crippen LogP contribution in [0, 0.1) is 0 Å². The molecule has 6 heteroatoms. The molecule has 0 aromatic heterocycles. The van der Waals surface area contributed by atoms with E-state index in [-0.39, 0.29) is 12.4 Å². The first-order valence-corrected chi connectivity index (χ1v) is 6.50. The summed E-state index contributed by atoms with van der Waals surface area (Å²) in [5.74, 6) is 4.16. The van der Waals surface area contributed by atoms with E-state index in [0.717, 1.165) is 0 Å². The maximum atomic E-state index is 12.5. The maximum absolute atomic E-state index is 12.5. The second kappa shape index (κ2) is 6.99. The highest BCUT2D eigenvalue weighted by Gasteiger charge is 2.15. The first-order chi connectivity index (χ1) is 10.1. The lowest BCUT2D eigenvalue weighted by Gasteiger charge is -2.10. The number of carbonyl (C=O) groups is 2. The highest BCUT2D eigenvalue weighted by Crippen LogP contribution is 2.23. The van der Waals surface area contributed by atoms with Crippen molar-refractivity contribution in [1.82, 2.24) is 0 Å². The van der Waals surface area contributed by atoms with Crippen LogP contribution in [0.15, 0.2) is 48.5 Å². The first kappa shape index (κ1) is 15.2. The van der Waals surface area contributed by atoms with E-state index in [1.54, 1.807) is 36.4 Å². The van der Waals surface area contributed by atoms with Gasteiger partial charge in [-0.1, -0.05) is 41.9 Å². The largest absolute Gasteiger partial charge is 0.323 e. The van der Waals surface area contributed by atoms with Crippen molar-refractivity contribution in [3.63, 3.8) is 0 Å². The van der Waals surface area contributed by atoms with E-state index in [9.17, 15) is 9.59 Å². The number of nitrogens with one attached hydrogen (secondary N) is 1. The fourth-order valence-corrected chi connectivity index (χ4v) is 1.99. The fraction of sp³-hybridized carbons (Fsp3) is 0.0667. The molecule has 2 rings (SSSR count). The molecule has 0 unspecified atom stereocenters. The molecule has 108 valence electrons. The van der Waals surface area contributed by atoms with Gasteiger partial charge < -0.3 is 5.32 Å². The van der Waals surface area contributed by atoms with E-state index in [1.165, 1.54) is 6.07 Å². The van der Waals surface area contributed by atoms with E-state index >= 15 is 0 Å². The minimum absolute atomic E-state index is 0.234. The number of carbonyl (C=O) groups excluding carboxylic acids is 2. The molecule has 0 fully saturated rings. The van der Waals surface area contributed by atoms with Crippen molar-refractivity contribution >= 4 is 29.0 Å². The average Bonchev–Trinajstić information content (AvgIpc) is 2.49. The van der Waals surface area contributed by atoms with Crippen LogP contribution in [0.1, 0.15) is 15.9 Å². The Kier molecular flexibility index (Phi) is 5.05. The minimum Gasteiger partial charge on any atom is -0.323 e. The zero-order valence-corrected chi connectivity index (χ0v) is 11.8. The standard InChI is InChI=1S/C15H13ClN2O3/c16-11-6-7-13(18-14(19)9-21-17)12(8-11)15(20)10-4-2-1-3-5-10/h1-8H,9,17H2,(H,18,19). The number of amides is 1. The third kappa shape index (κ3) is 3.88. The Morgan fingerprint density at radius 1 is 1.14 bits per heavy atom. The molecule has 5 nitrogen and oxygen atoms in total. The van der Waals surface area contributed by atoms with Gasteiger partial charge in [-0.15, -0.1) is 0 Å². The summed E-state index contributed by atoms with van der Waals surface area (Å²) in [7, 11) is 0. The quantitative estimate of drug-likeness (QED) is 0.656. The van der Waals surface area contributed by atoms with E-state index in [0.29, 0.717) is 21.8 Å². The van der Waals surface area contributed by atoms with Gasteiger partial charge >= 0.3 is 0 Å². The van der Waals surface area contributed by atoms with Gasteiger partial charge in [0.25, 0.3) is 5.91 Å². The van der Waals surface area contributed by atoms with Crippen LogP contribution in [0.4, 0.5) is 5.69 Å². The molecule has 0 bridgehead atoms. The summed E-state index contributed by atoms with van der Waals surface area (Å²) < 4.78 is 0. The third-order valence-electron chi connectivity index (χ3n) is 2.75. The minimum atomic E-state index is -0.457. The summed E-state index contributed by atoms with van der Waals surface area (Å²) in [5, 5.41) is 2.97. The second-order valence-electron chi connectivity index (χ2n) is 4.24. The number of ketones is 1. The van der Waals surface area contributed by atoms with Gasteiger partial charge in [0.2, 0.25) is 0 Å². The Morgan fingerprint density at radius 3 is 2.52 bits per heavy atom. The van der Waals surface area contributed by atoms with Crippen molar-refractivity contribution in [3.8, 4) is 0 Å². The molecule has 2 aromatic rings. The highest BCUT2D eigenvalue weighted by atomic mass is 35.5. The van der Waals surface area contributed by atoms with Gasteiger partial charge in [-0.3, -0.25) is 14.4 Å². The van der Waals surface area contributed by atoms with E-state index in [4.69, 9.17) is 17.5 Å². The van der Waals surface area contributed by atoms with Crippen LogP contribution in [-0.2, 0) is 9.63 Å². The maximum Gasteiger partial charge on any atom is 0.252 e. The predicted octanol–water partition coefficient (Wildman–Crippen LogP) is 2.40. The Labute approximate surface area is 126 Å². The summed E-state index contributed by atoms with van der Waals surface area (Å²) in [6, 6.07) is 13.4. The molecule has 0 heterocycles. The topological polar surface area (TPSA) is 81.4 Å². The van der Waals surface area contributed by atoms with Gasteiger partial charge in [-0.25, -0.2) is 5.90 Å². The lowest BCUT2D eigenvalue weighted by Crippen LogP contribution is -2.21. The van der Waals surface area contributed by atoms with Crippen molar-refractivity contribution in [3.05, 3.63) is 64.7 Å². The Hall–Kier alpha value is -2.21. The summed E-state index contributed by atoms with van der Waals surface area (Å²) in [6.07, 6.45) is 0. The number of benzene rings is 2. The molecule has 0 atom stereocenters. The van der Waals surface area contributed by atoms with E-state index in [1.807, 2.05) is 6.07 Å². The van der Waals surface area contributed by atoms with Gasteiger partial charge in [0.05, 0.1) is 5.69 Å². The molecule has 0 spiro atoms. The van der Waals surface area contributed by atoms with Crippen molar-refractivity contribution in [2.45, 2.75) is 0 Å². The third-order valence-corrected chi connectivity index (χ3v) is 2.99. The number of rotatable bonds is 5. The molecule has 0 saturated carbocycles. The number of hydrogen-bond acceptors (Lipinski definition) is 4. The van der Waals surface area contributed by atoms with Crippen LogP contribution < -0.4 is 11.2 Å². The molecule has 0 saturated heterocycles. The molecule has 0 aliphatic heterocycles. The molecule has 21 heavy (non-hydrogen) atoms. The average molecular weight is 305 g/mol. The van der Waals surface area contributed by atoms with E-state index in [2.05, 4.69) is 10.2 Å². The van der Waals surface area contributed by atoms with Crippen molar-refractivity contribution in [1.29, 1.82) is 0 Å². The number of anilines is 1. The summed E-state index contributed by atoms with van der Waals surface area (Å²) in [6.45, 7) is -0.304. The zero-order valence-electron chi connectivity index (χ0n) is 11.0. The molecule has 0 radical (unpaired) electrons. The van der Waals surface area contributed by atoms with Crippen LogP contribution >= 0.6 is 11.6 Å². The van der Waals surface area contributed by atoms with Gasteiger partial charge in [0, 0.05) is 16.1 Å². The van der Waals surface area contributed by atoms with Crippen LogP contribution in [0.5, 0.6) is 0 Å². The summed E-state index contributed by atoms with van der Waals surface area (Å²) in [4.78, 5) is 28.3. The molecule has 3 N–H and O–H groups in total. The Morgan fingerprint density at radius 2 is 1.86 bits per heavy atom. The Bertz CT molecular complexity index is 659. The Balaban J connectivity index is 2.35. The monoisotopic (exact) mass is 304 g/mol. The van der Waals surface area contributed by atoms with Crippen LogP contribution in [-0.4, -0.2) is 18.3 Å². The summed E-state index contributed by atoms with van der Waals surface area (Å²) >= 11 is 5.94. The van der Waals surface area contributed by atoms with Crippen LogP contribution in [0.25, 0.3) is 0 Å². The number of nitrogens with two attached hydrogens (primary N) is 1. The molecular formula is C15H13ClN2O3. The lowest BCUT2D eigenvalue weighted by molar-refractivity contribution is -0.120. The molecule has 0 aliphatic rings. The van der Waals surface area contributed by atoms with Crippen molar-refractivity contribution < 1.29 is 14.4 Å². The van der Waals surface area contributed by atoms with E-state index < -0.39 is 5.91 Å². The fourth-order valence-electron chi connectivity index (χ4n) is 1.82. The SMILES string of the molecule is NOCC(=O)Nc1ccc(Cl)cc1C(=O)c1ccccc1. The second-order valence-corrected chi connectivity index (χ2v) is 4.68. The van der Waals surface area contributed by atoms with Crippen molar-refractivity contribution in [2.75, 3.05) is 11.9 Å². The number of hydrogen-bond donors (Lipinski definition) is 2. The summed E-state index contributed by atoms with van der Waals surface area (Å²) in [5.41, 5.74) is 1.17. The molecule has 0 aliphatic carbocycles. The lowest BCUT2D eigenvalue weighted by atomic mass is 10.0. The number of halogens is 1. The zero-order chi connectivity index (χ0) is 15.2. The van der Waals surface area contributed by atoms with Gasteiger partial charge in [0.1, 0.15) is 6.61 Å². The molecule has 2 aromatic carbocycles.